The van der Waals surface area contributed by atoms with Gasteiger partial charge in [0.05, 0.1) is 11.1 Å². The third-order valence-electron chi connectivity index (χ3n) is 11.1. The number of hydrogen-bond acceptors (Lipinski definition) is 1. The Morgan fingerprint density at radius 2 is 0.778 bits per heavy atom. The first-order valence-electron chi connectivity index (χ1n) is 18.7. The first-order chi connectivity index (χ1) is 26.8. The van der Waals surface area contributed by atoms with Crippen LogP contribution in [-0.2, 0) is 5.41 Å². The van der Waals surface area contributed by atoms with Gasteiger partial charge in [-0.15, -0.1) is 0 Å². The maximum Gasteiger partial charge on any atom is 0.0734 e. The molecular weight excluding hydrogens is 651 g/mol. The zero-order valence-electron chi connectivity index (χ0n) is 29.8. The maximum absolute atomic E-state index is 2.45. The molecule has 1 aliphatic rings. The van der Waals surface area contributed by atoms with Gasteiger partial charge in [0.15, 0.2) is 0 Å². The van der Waals surface area contributed by atoms with Crippen molar-refractivity contribution in [1.82, 2.24) is 0 Å². The van der Waals surface area contributed by atoms with E-state index in [9.17, 15) is 0 Å². The molecule has 0 spiro atoms. The van der Waals surface area contributed by atoms with Gasteiger partial charge in [0.2, 0.25) is 0 Å². The molecule has 0 unspecified atom stereocenters. The second-order valence-corrected chi connectivity index (χ2v) is 14.1. The molecule has 1 aliphatic carbocycles. The van der Waals surface area contributed by atoms with E-state index >= 15 is 0 Å². The molecule has 1 nitrogen and oxygen atoms in total. The third kappa shape index (κ3) is 5.09. The molecule has 0 heterocycles. The Morgan fingerprint density at radius 1 is 0.315 bits per heavy atom. The smallest absolute Gasteiger partial charge is 0.0734 e. The average Bonchev–Trinajstić information content (AvgIpc) is 3.57. The van der Waals surface area contributed by atoms with Crippen LogP contribution < -0.4 is 4.90 Å². The number of para-hydroxylation sites is 1. The van der Waals surface area contributed by atoms with Gasteiger partial charge < -0.3 is 4.90 Å². The van der Waals surface area contributed by atoms with Crippen molar-refractivity contribution in [2.45, 2.75) is 5.41 Å². The summed E-state index contributed by atoms with van der Waals surface area (Å²) in [6.07, 6.45) is 0. The Labute approximate surface area is 317 Å². The lowest BCUT2D eigenvalue weighted by atomic mass is 9.67. The summed E-state index contributed by atoms with van der Waals surface area (Å²) in [6, 6.07) is 82.0. The number of nitrogens with zero attached hydrogens (tertiary/aromatic N) is 1. The number of fused-ring (bicyclic) bond motifs is 4. The van der Waals surface area contributed by atoms with Crippen molar-refractivity contribution in [3.8, 4) is 33.4 Å². The van der Waals surface area contributed by atoms with E-state index in [2.05, 4.69) is 229 Å². The van der Waals surface area contributed by atoms with Gasteiger partial charge in [-0.3, -0.25) is 0 Å². The Bertz CT molecular complexity index is 2700. The first kappa shape index (κ1) is 31.7. The monoisotopic (exact) mass is 687 g/mol. The fraction of sp³-hybridized carbons (Fsp3) is 0.0189. The molecule has 0 fully saturated rings. The van der Waals surface area contributed by atoms with Crippen molar-refractivity contribution < 1.29 is 0 Å². The van der Waals surface area contributed by atoms with Gasteiger partial charge in [-0.1, -0.05) is 182 Å². The van der Waals surface area contributed by atoms with Gasteiger partial charge in [0.25, 0.3) is 0 Å². The van der Waals surface area contributed by atoms with Gasteiger partial charge in [-0.05, 0) is 103 Å². The summed E-state index contributed by atoms with van der Waals surface area (Å²) in [6.45, 7) is 0. The van der Waals surface area contributed by atoms with Crippen molar-refractivity contribution in [2.24, 2.45) is 0 Å². The minimum Gasteiger partial charge on any atom is -0.310 e. The summed E-state index contributed by atoms with van der Waals surface area (Å²) in [7, 11) is 0. The van der Waals surface area contributed by atoms with Crippen LogP contribution in [0.2, 0.25) is 0 Å². The van der Waals surface area contributed by atoms with Crippen molar-refractivity contribution >= 4 is 27.8 Å². The van der Waals surface area contributed by atoms with Crippen LogP contribution in [0.25, 0.3) is 44.2 Å². The van der Waals surface area contributed by atoms with Crippen molar-refractivity contribution in [2.75, 3.05) is 4.90 Å². The van der Waals surface area contributed by atoms with E-state index in [0.29, 0.717) is 0 Å². The molecule has 9 aromatic rings. The fourth-order valence-corrected chi connectivity index (χ4v) is 8.80. The topological polar surface area (TPSA) is 3.24 Å². The predicted octanol–water partition coefficient (Wildman–Crippen LogP) is 14.0. The summed E-state index contributed by atoms with van der Waals surface area (Å²) in [4.78, 5) is 2.45. The lowest BCUT2D eigenvalue weighted by Gasteiger charge is -2.37. The van der Waals surface area contributed by atoms with Gasteiger partial charge in [0, 0.05) is 16.9 Å². The number of rotatable bonds is 7. The van der Waals surface area contributed by atoms with E-state index in [1.165, 1.54) is 66.4 Å². The Kier molecular flexibility index (Phi) is 7.78. The Balaban J connectivity index is 1.21. The molecule has 0 saturated heterocycles. The van der Waals surface area contributed by atoms with Gasteiger partial charge in [0.1, 0.15) is 0 Å². The van der Waals surface area contributed by atoms with Crippen LogP contribution in [0.4, 0.5) is 17.1 Å². The van der Waals surface area contributed by atoms with Gasteiger partial charge in [-0.2, -0.15) is 0 Å². The van der Waals surface area contributed by atoms with E-state index in [0.717, 1.165) is 17.1 Å². The van der Waals surface area contributed by atoms with Crippen LogP contribution in [0.1, 0.15) is 22.3 Å². The zero-order chi connectivity index (χ0) is 35.9. The average molecular weight is 688 g/mol. The first-order valence-corrected chi connectivity index (χ1v) is 18.7. The second kappa shape index (κ2) is 13.2. The molecule has 1 heteroatoms. The van der Waals surface area contributed by atoms with E-state index in [-0.39, 0.29) is 0 Å². The zero-order valence-corrected chi connectivity index (χ0v) is 29.8. The molecule has 0 N–H and O–H groups in total. The van der Waals surface area contributed by atoms with Crippen LogP contribution in [0.5, 0.6) is 0 Å². The number of hydrogen-bond donors (Lipinski definition) is 0. The molecule has 0 bridgehead atoms. The van der Waals surface area contributed by atoms with Crippen molar-refractivity contribution in [3.05, 3.63) is 247 Å². The van der Waals surface area contributed by atoms with Crippen LogP contribution in [-0.4, -0.2) is 0 Å². The summed E-state index contributed by atoms with van der Waals surface area (Å²) < 4.78 is 0. The molecule has 9 aromatic carbocycles. The Morgan fingerprint density at radius 3 is 1.39 bits per heavy atom. The molecule has 0 amide bonds. The lowest BCUT2D eigenvalue weighted by molar-refractivity contribution is 0.768. The SMILES string of the molecule is c1ccc(-c2cc3ccccc3cc2-c2ccc(N(c3ccccc3)c3cccc4c3C(c3ccccc3)(c3ccccc3)c3ccccc3-4)cc2)cc1. The molecule has 0 aromatic heterocycles. The molecule has 0 aliphatic heterocycles. The van der Waals surface area contributed by atoms with Crippen LogP contribution in [0.3, 0.4) is 0 Å². The lowest BCUT2D eigenvalue weighted by Crippen LogP contribution is -2.30. The van der Waals surface area contributed by atoms with Crippen molar-refractivity contribution in [3.63, 3.8) is 0 Å². The highest BCUT2D eigenvalue weighted by molar-refractivity contribution is 5.98. The number of benzene rings is 9. The molecule has 0 atom stereocenters. The summed E-state index contributed by atoms with van der Waals surface area (Å²) >= 11 is 0. The summed E-state index contributed by atoms with van der Waals surface area (Å²) in [5.41, 5.74) is 15.3. The normalized spacial score (nSPS) is 12.6. The highest BCUT2D eigenvalue weighted by Gasteiger charge is 2.48. The summed E-state index contributed by atoms with van der Waals surface area (Å²) in [5, 5.41) is 2.48. The third-order valence-corrected chi connectivity index (χ3v) is 11.1. The predicted molar refractivity (Wildman–Crippen MR) is 227 cm³/mol. The van der Waals surface area contributed by atoms with Gasteiger partial charge in [-0.25, -0.2) is 0 Å². The molecule has 254 valence electrons. The van der Waals surface area contributed by atoms with Crippen LogP contribution in [0, 0.1) is 0 Å². The molecule has 54 heavy (non-hydrogen) atoms. The quantitative estimate of drug-likeness (QED) is 0.161. The van der Waals surface area contributed by atoms with E-state index in [4.69, 9.17) is 0 Å². The standard InChI is InChI=1S/C53H37N/c1-5-18-38(19-6-1)48-36-40-20-13-14-21-41(40)37-49(48)39-32-34-45(35-33-39)54(44-26-11-4-12-27-44)51-31-17-29-47-46-28-15-16-30-50(46)53(52(47)51,42-22-7-2-8-23-42)43-24-9-3-10-25-43/h1-37H. The van der Waals surface area contributed by atoms with E-state index in [1.54, 1.807) is 0 Å². The second-order valence-electron chi connectivity index (χ2n) is 14.1. The molecule has 10 rings (SSSR count). The Hall–Kier alpha value is -6.96. The summed E-state index contributed by atoms with van der Waals surface area (Å²) in [5.74, 6) is 0. The molecule has 0 radical (unpaired) electrons. The minimum absolute atomic E-state index is 0.534. The molecular formula is C53H37N. The van der Waals surface area contributed by atoms with Crippen molar-refractivity contribution in [1.29, 1.82) is 0 Å². The highest BCUT2D eigenvalue weighted by Crippen LogP contribution is 2.60. The van der Waals surface area contributed by atoms with E-state index in [1.807, 2.05) is 0 Å². The molecule has 0 saturated carbocycles. The van der Waals surface area contributed by atoms with E-state index < -0.39 is 5.41 Å². The van der Waals surface area contributed by atoms with Crippen LogP contribution >= 0.6 is 0 Å². The fourth-order valence-electron chi connectivity index (χ4n) is 8.80. The maximum atomic E-state index is 2.45. The largest absolute Gasteiger partial charge is 0.310 e. The number of anilines is 3. The highest BCUT2D eigenvalue weighted by atomic mass is 15.1. The van der Waals surface area contributed by atoms with Gasteiger partial charge >= 0.3 is 0 Å². The minimum atomic E-state index is -0.534. The van der Waals surface area contributed by atoms with Crippen LogP contribution in [0.15, 0.2) is 224 Å².